The Hall–Kier alpha value is -1.59. The molecule has 5 nitrogen and oxygen atoms in total. The minimum absolute atomic E-state index is 0.0506. The lowest BCUT2D eigenvalue weighted by molar-refractivity contribution is -0.189. The van der Waals surface area contributed by atoms with Crippen molar-refractivity contribution in [3.8, 4) is 11.5 Å². The molecule has 2 N–H and O–H groups in total. The van der Waals surface area contributed by atoms with Crippen LogP contribution in [0.25, 0.3) is 0 Å². The Bertz CT molecular complexity index is 831. The van der Waals surface area contributed by atoms with E-state index in [1.165, 1.54) is 18.4 Å². The van der Waals surface area contributed by atoms with Gasteiger partial charge < -0.3 is 14.9 Å². The SMILES string of the molecule is Cc1cc(O)c2c3c1C[C@H]1N(C4CC4)CC[C@@]34[C@@H](O2)C(=O)CC[C@@]14O. The Balaban J connectivity index is 1.67. The van der Waals surface area contributed by atoms with Gasteiger partial charge in [-0.2, -0.15) is 0 Å². The summed E-state index contributed by atoms with van der Waals surface area (Å²) in [5, 5.41) is 22.5. The van der Waals surface area contributed by atoms with E-state index in [-0.39, 0.29) is 17.6 Å². The number of phenols is 1. The molecule has 1 aromatic rings. The second-order valence-electron chi connectivity index (χ2n) is 8.69. The van der Waals surface area contributed by atoms with Gasteiger partial charge in [-0.25, -0.2) is 0 Å². The predicted octanol–water partition coefficient (Wildman–Crippen LogP) is 1.59. The Morgan fingerprint density at radius 1 is 1.32 bits per heavy atom. The summed E-state index contributed by atoms with van der Waals surface area (Å²) in [5.41, 5.74) is 1.56. The lowest BCUT2D eigenvalue weighted by atomic mass is 9.48. The van der Waals surface area contributed by atoms with Gasteiger partial charge >= 0.3 is 0 Å². The van der Waals surface area contributed by atoms with E-state index in [1.54, 1.807) is 6.07 Å². The second kappa shape index (κ2) is 4.21. The Kier molecular flexibility index (Phi) is 2.45. The lowest BCUT2D eigenvalue weighted by Gasteiger charge is -2.62. The van der Waals surface area contributed by atoms with Crippen LogP contribution in [0.2, 0.25) is 0 Å². The monoisotopic (exact) mass is 341 g/mol. The van der Waals surface area contributed by atoms with E-state index in [9.17, 15) is 15.0 Å². The molecular formula is C20H23NO4. The fourth-order valence-corrected chi connectivity index (χ4v) is 6.47. The highest BCUT2D eigenvalue weighted by molar-refractivity contribution is 5.90. The molecule has 3 aliphatic carbocycles. The standard InChI is InChI=1S/C20H23NO4/c1-10-8-14(23)17-16-12(10)9-15-20(24)5-4-13(22)18(25-17)19(16,20)6-7-21(15)11-2-3-11/h8,11,15,18,23-24H,2-7,9H2,1H3/t15-,18+,19+,20-/m1/s1. The third-order valence-corrected chi connectivity index (χ3v) is 7.67. The summed E-state index contributed by atoms with van der Waals surface area (Å²) < 4.78 is 6.08. The summed E-state index contributed by atoms with van der Waals surface area (Å²) in [6.45, 7) is 2.92. The van der Waals surface area contributed by atoms with Crippen LogP contribution in [-0.2, 0) is 16.6 Å². The number of hydrogen-bond donors (Lipinski definition) is 2. The van der Waals surface area contributed by atoms with E-state index in [4.69, 9.17) is 4.74 Å². The highest BCUT2D eigenvalue weighted by atomic mass is 16.5. The molecule has 2 aliphatic heterocycles. The van der Waals surface area contributed by atoms with Gasteiger partial charge in [-0.15, -0.1) is 0 Å². The number of likely N-dealkylation sites (tertiary alicyclic amines) is 1. The number of ether oxygens (including phenoxy) is 1. The maximum absolute atomic E-state index is 12.8. The number of ketones is 1. The summed E-state index contributed by atoms with van der Waals surface area (Å²) in [4.78, 5) is 15.3. The number of carbonyl (C=O) groups is 1. The average molecular weight is 341 g/mol. The number of benzene rings is 1. The molecule has 2 saturated carbocycles. The van der Waals surface area contributed by atoms with Crippen molar-refractivity contribution >= 4 is 5.78 Å². The van der Waals surface area contributed by atoms with E-state index in [2.05, 4.69) is 4.90 Å². The van der Waals surface area contributed by atoms with Crippen molar-refractivity contribution in [2.75, 3.05) is 6.54 Å². The molecule has 5 aliphatic rings. The molecule has 0 amide bonds. The third-order valence-electron chi connectivity index (χ3n) is 7.67. The van der Waals surface area contributed by atoms with Crippen LogP contribution in [0.3, 0.4) is 0 Å². The van der Waals surface area contributed by atoms with Crippen molar-refractivity contribution in [3.05, 3.63) is 22.8 Å². The first-order chi connectivity index (χ1) is 12.0. The summed E-state index contributed by atoms with van der Waals surface area (Å²) in [5.74, 6) is 0.639. The van der Waals surface area contributed by atoms with E-state index in [1.807, 2.05) is 6.92 Å². The quantitative estimate of drug-likeness (QED) is 0.812. The number of carbonyl (C=O) groups excluding carboxylic acids is 1. The van der Waals surface area contributed by atoms with Crippen LogP contribution in [0.1, 0.15) is 48.8 Å². The summed E-state index contributed by atoms with van der Waals surface area (Å²) >= 11 is 0. The number of nitrogens with zero attached hydrogens (tertiary/aromatic N) is 1. The molecule has 6 rings (SSSR count). The van der Waals surface area contributed by atoms with Crippen molar-refractivity contribution in [1.29, 1.82) is 0 Å². The van der Waals surface area contributed by atoms with Crippen molar-refractivity contribution in [2.45, 2.75) is 74.7 Å². The molecule has 1 spiro atoms. The fourth-order valence-electron chi connectivity index (χ4n) is 6.47. The fraction of sp³-hybridized carbons (Fsp3) is 0.650. The smallest absolute Gasteiger partial charge is 0.174 e. The van der Waals surface area contributed by atoms with Gasteiger partial charge in [0.25, 0.3) is 0 Å². The number of phenolic OH excluding ortho intramolecular Hbond substituents is 1. The first-order valence-corrected chi connectivity index (χ1v) is 9.51. The van der Waals surface area contributed by atoms with E-state index in [0.29, 0.717) is 24.6 Å². The number of aliphatic hydroxyl groups is 1. The molecule has 2 heterocycles. The minimum atomic E-state index is -0.940. The highest BCUT2D eigenvalue weighted by Gasteiger charge is 2.73. The van der Waals surface area contributed by atoms with E-state index < -0.39 is 17.1 Å². The van der Waals surface area contributed by atoms with Crippen LogP contribution in [0, 0.1) is 6.92 Å². The number of rotatable bonds is 1. The summed E-state index contributed by atoms with van der Waals surface area (Å²) in [6.07, 6.45) is 4.17. The largest absolute Gasteiger partial charge is 0.504 e. The van der Waals surface area contributed by atoms with Crippen LogP contribution in [0.5, 0.6) is 11.5 Å². The molecule has 1 aromatic carbocycles. The van der Waals surface area contributed by atoms with Gasteiger partial charge in [0.05, 0.1) is 11.0 Å². The van der Waals surface area contributed by atoms with Gasteiger partial charge in [-0.05, 0) is 62.8 Å². The molecule has 0 radical (unpaired) electrons. The zero-order valence-corrected chi connectivity index (χ0v) is 14.4. The summed E-state index contributed by atoms with van der Waals surface area (Å²) in [7, 11) is 0. The molecule has 0 unspecified atom stereocenters. The van der Waals surface area contributed by atoms with Crippen LogP contribution in [-0.4, -0.2) is 51.2 Å². The van der Waals surface area contributed by atoms with E-state index >= 15 is 0 Å². The van der Waals surface area contributed by atoms with Gasteiger partial charge in [0.1, 0.15) is 0 Å². The first-order valence-electron chi connectivity index (χ1n) is 9.51. The van der Waals surface area contributed by atoms with Crippen molar-refractivity contribution in [3.63, 3.8) is 0 Å². The third kappa shape index (κ3) is 1.44. The van der Waals surface area contributed by atoms with Crippen LogP contribution in [0.4, 0.5) is 0 Å². The minimum Gasteiger partial charge on any atom is -0.504 e. The van der Waals surface area contributed by atoms with Gasteiger partial charge in [0, 0.05) is 24.1 Å². The molecule has 3 fully saturated rings. The van der Waals surface area contributed by atoms with Gasteiger partial charge in [-0.1, -0.05) is 0 Å². The van der Waals surface area contributed by atoms with Crippen molar-refractivity contribution < 1.29 is 19.7 Å². The maximum atomic E-state index is 12.8. The second-order valence-corrected chi connectivity index (χ2v) is 8.69. The number of aromatic hydroxyl groups is 1. The molecule has 0 aromatic heterocycles. The Morgan fingerprint density at radius 3 is 2.88 bits per heavy atom. The molecule has 25 heavy (non-hydrogen) atoms. The number of hydrogen-bond acceptors (Lipinski definition) is 5. The first kappa shape index (κ1) is 14.6. The van der Waals surface area contributed by atoms with Crippen LogP contribution >= 0.6 is 0 Å². The number of Topliss-reactive ketones (excluding diaryl/α,β-unsaturated/α-hetero) is 1. The molecular weight excluding hydrogens is 318 g/mol. The van der Waals surface area contributed by atoms with Crippen LogP contribution in [0.15, 0.2) is 6.07 Å². The van der Waals surface area contributed by atoms with Gasteiger partial charge in [-0.3, -0.25) is 9.69 Å². The molecule has 2 bridgehead atoms. The summed E-state index contributed by atoms with van der Waals surface area (Å²) in [6, 6.07) is 2.40. The van der Waals surface area contributed by atoms with Crippen LogP contribution < -0.4 is 4.74 Å². The zero-order chi connectivity index (χ0) is 17.1. The molecule has 5 heteroatoms. The normalized spacial score (nSPS) is 41.4. The van der Waals surface area contributed by atoms with Crippen molar-refractivity contribution in [2.24, 2.45) is 0 Å². The number of piperidine rings is 1. The highest BCUT2D eigenvalue weighted by Crippen LogP contribution is 2.65. The molecule has 4 atom stereocenters. The van der Waals surface area contributed by atoms with Gasteiger partial charge in [0.15, 0.2) is 23.4 Å². The van der Waals surface area contributed by atoms with Gasteiger partial charge in [0.2, 0.25) is 0 Å². The molecule has 132 valence electrons. The lowest BCUT2D eigenvalue weighted by Crippen LogP contribution is -2.76. The molecule has 1 saturated heterocycles. The zero-order valence-electron chi connectivity index (χ0n) is 14.4. The Morgan fingerprint density at radius 2 is 2.12 bits per heavy atom. The average Bonchev–Trinajstić information content (AvgIpc) is 3.33. The van der Waals surface area contributed by atoms with Crippen molar-refractivity contribution in [1.82, 2.24) is 4.90 Å². The number of aryl methyl sites for hydroxylation is 1. The topological polar surface area (TPSA) is 70.0 Å². The predicted molar refractivity (Wildman–Crippen MR) is 90.0 cm³/mol. The Labute approximate surface area is 146 Å². The maximum Gasteiger partial charge on any atom is 0.174 e. The van der Waals surface area contributed by atoms with E-state index in [0.717, 1.165) is 30.5 Å².